The maximum absolute atomic E-state index is 13.0. The first-order valence-corrected chi connectivity index (χ1v) is 5.31. The van der Waals surface area contributed by atoms with Crippen LogP contribution in [0, 0.1) is 5.82 Å². The molecule has 0 amide bonds. The molecular formula is C10H8Cl3F. The monoisotopic (exact) mass is 252 g/mol. The standard InChI is InChI=1S/C10H8Cl3F/c11-4-2-1-3-7-5-8(12)10(14)9(13)6-7/h1,3,5-6H,2,4H2. The van der Waals surface area contributed by atoms with Gasteiger partial charge in [-0.2, -0.15) is 0 Å². The molecule has 76 valence electrons. The molecule has 0 atom stereocenters. The fourth-order valence-electron chi connectivity index (χ4n) is 0.954. The van der Waals surface area contributed by atoms with Crippen molar-refractivity contribution < 1.29 is 4.39 Å². The normalized spacial score (nSPS) is 11.1. The van der Waals surface area contributed by atoms with Gasteiger partial charge in [0.25, 0.3) is 0 Å². The first kappa shape index (κ1) is 11.8. The van der Waals surface area contributed by atoms with Gasteiger partial charge in [0.05, 0.1) is 10.0 Å². The average molecular weight is 254 g/mol. The van der Waals surface area contributed by atoms with Crippen molar-refractivity contribution in [2.24, 2.45) is 0 Å². The SMILES string of the molecule is Fc1c(Cl)cc(C=CCCCl)cc1Cl. The van der Waals surface area contributed by atoms with E-state index in [1.807, 2.05) is 6.08 Å². The van der Waals surface area contributed by atoms with Crippen molar-refractivity contribution >= 4 is 40.9 Å². The van der Waals surface area contributed by atoms with Crippen LogP contribution in [-0.2, 0) is 0 Å². The Morgan fingerprint density at radius 1 is 1.21 bits per heavy atom. The second kappa shape index (κ2) is 5.59. The molecule has 0 aliphatic rings. The van der Waals surface area contributed by atoms with Crippen molar-refractivity contribution in [2.45, 2.75) is 6.42 Å². The number of alkyl halides is 1. The molecule has 0 aliphatic heterocycles. The van der Waals surface area contributed by atoms with E-state index in [0.29, 0.717) is 5.88 Å². The molecule has 1 rings (SSSR count). The Morgan fingerprint density at radius 3 is 2.29 bits per heavy atom. The van der Waals surface area contributed by atoms with Crippen LogP contribution >= 0.6 is 34.8 Å². The van der Waals surface area contributed by atoms with Crippen LogP contribution in [0.3, 0.4) is 0 Å². The van der Waals surface area contributed by atoms with Crippen molar-refractivity contribution in [1.82, 2.24) is 0 Å². The zero-order chi connectivity index (χ0) is 10.6. The van der Waals surface area contributed by atoms with Gasteiger partial charge in [-0.25, -0.2) is 4.39 Å². The number of rotatable bonds is 3. The van der Waals surface area contributed by atoms with Crippen LogP contribution in [0.2, 0.25) is 10.0 Å². The molecule has 4 heteroatoms. The minimum atomic E-state index is -0.581. The van der Waals surface area contributed by atoms with Crippen molar-refractivity contribution in [3.8, 4) is 0 Å². The van der Waals surface area contributed by atoms with Crippen LogP contribution in [0.5, 0.6) is 0 Å². The number of benzene rings is 1. The van der Waals surface area contributed by atoms with Gasteiger partial charge in [-0.15, -0.1) is 11.6 Å². The van der Waals surface area contributed by atoms with Crippen molar-refractivity contribution in [3.05, 3.63) is 39.6 Å². The van der Waals surface area contributed by atoms with Crippen LogP contribution in [-0.4, -0.2) is 5.88 Å². The van der Waals surface area contributed by atoms with E-state index in [1.165, 1.54) is 12.1 Å². The van der Waals surface area contributed by atoms with Crippen molar-refractivity contribution in [1.29, 1.82) is 0 Å². The molecule has 1 aromatic rings. The summed E-state index contributed by atoms with van der Waals surface area (Å²) in [6, 6.07) is 3.04. The Kier molecular flexibility index (Phi) is 4.73. The third kappa shape index (κ3) is 3.16. The second-order valence-corrected chi connectivity index (χ2v) is 3.87. The topological polar surface area (TPSA) is 0 Å². The van der Waals surface area contributed by atoms with Gasteiger partial charge >= 0.3 is 0 Å². The lowest BCUT2D eigenvalue weighted by atomic mass is 10.2. The molecule has 0 saturated carbocycles. The summed E-state index contributed by atoms with van der Waals surface area (Å²) in [6.45, 7) is 0. The Hall–Kier alpha value is -0.240. The summed E-state index contributed by atoms with van der Waals surface area (Å²) >= 11 is 16.7. The molecule has 0 spiro atoms. The predicted molar refractivity (Wildman–Crippen MR) is 60.8 cm³/mol. The summed E-state index contributed by atoms with van der Waals surface area (Å²) in [5.74, 6) is -0.0260. The van der Waals surface area contributed by atoms with E-state index < -0.39 is 5.82 Å². The Labute approximate surface area is 97.3 Å². The highest BCUT2D eigenvalue weighted by molar-refractivity contribution is 6.35. The van der Waals surface area contributed by atoms with E-state index >= 15 is 0 Å². The van der Waals surface area contributed by atoms with Gasteiger partial charge < -0.3 is 0 Å². The summed E-state index contributed by atoms with van der Waals surface area (Å²) in [5, 5.41) is 0.0612. The molecule has 14 heavy (non-hydrogen) atoms. The molecule has 0 nitrogen and oxygen atoms in total. The molecule has 0 bridgehead atoms. The van der Waals surface area contributed by atoms with E-state index in [1.54, 1.807) is 6.08 Å². The van der Waals surface area contributed by atoms with E-state index in [0.717, 1.165) is 12.0 Å². The lowest BCUT2D eigenvalue weighted by Crippen LogP contribution is -1.81. The van der Waals surface area contributed by atoms with Crippen LogP contribution in [0.15, 0.2) is 18.2 Å². The van der Waals surface area contributed by atoms with Gasteiger partial charge in [0, 0.05) is 5.88 Å². The largest absolute Gasteiger partial charge is 0.204 e. The summed E-state index contributed by atoms with van der Waals surface area (Å²) in [6.07, 6.45) is 4.45. The van der Waals surface area contributed by atoms with Crippen molar-refractivity contribution in [2.75, 3.05) is 5.88 Å². The summed E-state index contributed by atoms with van der Waals surface area (Å²) < 4.78 is 13.0. The van der Waals surface area contributed by atoms with Crippen molar-refractivity contribution in [3.63, 3.8) is 0 Å². The maximum atomic E-state index is 13.0. The Balaban J connectivity index is 2.89. The Morgan fingerprint density at radius 2 is 1.79 bits per heavy atom. The average Bonchev–Trinajstić information content (AvgIpc) is 2.14. The summed E-state index contributed by atoms with van der Waals surface area (Å²) in [7, 11) is 0. The van der Waals surface area contributed by atoms with E-state index in [9.17, 15) is 4.39 Å². The molecule has 0 saturated heterocycles. The minimum Gasteiger partial charge on any atom is -0.204 e. The molecule has 1 aromatic carbocycles. The second-order valence-electron chi connectivity index (χ2n) is 2.68. The van der Waals surface area contributed by atoms with Crippen LogP contribution in [0.4, 0.5) is 4.39 Å². The number of allylic oxidation sites excluding steroid dienone is 1. The number of halogens is 4. The molecule has 0 fully saturated rings. The summed E-state index contributed by atoms with van der Waals surface area (Å²) in [5.41, 5.74) is 0.770. The first-order valence-electron chi connectivity index (χ1n) is 4.02. The Bertz CT molecular complexity index is 324. The molecule has 0 aromatic heterocycles. The van der Waals surface area contributed by atoms with Gasteiger partial charge in [-0.05, 0) is 24.1 Å². The van der Waals surface area contributed by atoms with Gasteiger partial charge in [0.1, 0.15) is 0 Å². The fourth-order valence-corrected chi connectivity index (χ4v) is 1.58. The van der Waals surface area contributed by atoms with Gasteiger partial charge in [0.2, 0.25) is 0 Å². The molecule has 0 radical (unpaired) electrons. The lowest BCUT2D eigenvalue weighted by Gasteiger charge is -1.99. The third-order valence-electron chi connectivity index (χ3n) is 1.59. The van der Waals surface area contributed by atoms with Gasteiger partial charge in [-0.3, -0.25) is 0 Å². The lowest BCUT2D eigenvalue weighted by molar-refractivity contribution is 0.628. The smallest absolute Gasteiger partial charge is 0.160 e. The molecule has 0 N–H and O–H groups in total. The molecule has 0 heterocycles. The van der Waals surface area contributed by atoms with Crippen LogP contribution < -0.4 is 0 Å². The zero-order valence-corrected chi connectivity index (χ0v) is 9.50. The third-order valence-corrected chi connectivity index (χ3v) is 2.36. The maximum Gasteiger partial charge on any atom is 0.160 e. The van der Waals surface area contributed by atoms with Crippen LogP contribution in [0.25, 0.3) is 6.08 Å². The highest BCUT2D eigenvalue weighted by Crippen LogP contribution is 2.25. The van der Waals surface area contributed by atoms with Crippen LogP contribution in [0.1, 0.15) is 12.0 Å². The summed E-state index contributed by atoms with van der Waals surface area (Å²) in [4.78, 5) is 0. The van der Waals surface area contributed by atoms with E-state index in [-0.39, 0.29) is 10.0 Å². The zero-order valence-electron chi connectivity index (χ0n) is 7.24. The highest BCUT2D eigenvalue weighted by Gasteiger charge is 2.05. The number of hydrogen-bond acceptors (Lipinski definition) is 0. The van der Waals surface area contributed by atoms with Gasteiger partial charge in [0.15, 0.2) is 5.82 Å². The minimum absolute atomic E-state index is 0.0306. The first-order chi connectivity index (χ1) is 6.65. The molecule has 0 aliphatic carbocycles. The highest BCUT2D eigenvalue weighted by atomic mass is 35.5. The molecule has 0 unspecified atom stereocenters. The number of hydrogen-bond donors (Lipinski definition) is 0. The molecular weight excluding hydrogens is 245 g/mol. The van der Waals surface area contributed by atoms with E-state index in [2.05, 4.69) is 0 Å². The van der Waals surface area contributed by atoms with Gasteiger partial charge in [-0.1, -0.05) is 35.4 Å². The van der Waals surface area contributed by atoms with E-state index in [4.69, 9.17) is 34.8 Å². The quantitative estimate of drug-likeness (QED) is 0.537. The fraction of sp³-hybridized carbons (Fsp3) is 0.200. The predicted octanol–water partition coefficient (Wildman–Crippen LogP) is 4.77.